The Morgan fingerprint density at radius 2 is 1.70 bits per heavy atom. The summed E-state index contributed by atoms with van der Waals surface area (Å²) in [5, 5.41) is 12.0. The van der Waals surface area contributed by atoms with Crippen molar-refractivity contribution in [1.82, 2.24) is 4.90 Å². The summed E-state index contributed by atoms with van der Waals surface area (Å²) in [5.41, 5.74) is 1.49. The van der Waals surface area contributed by atoms with Gasteiger partial charge in [0.05, 0.1) is 35.4 Å². The Labute approximate surface area is 237 Å². The van der Waals surface area contributed by atoms with Gasteiger partial charge in [-0.15, -0.1) is 0 Å². The summed E-state index contributed by atoms with van der Waals surface area (Å²) in [6.45, 7) is 5.91. The standard InChI is InChI=1S/C34H43NO5/c1-32-14-10-24(40-18-5-17-35-30(36)25-6-3-4-7-26(25)31(35)37)20-22(32)8-9-27-28(32)11-15-33(2)29(27)12-16-34(33,38)23-13-19-39-21-23/h3-4,6-7,13,19,21-22,24,27-29,38H,5,8-12,14-18,20H2,1-2H3/t22-,24+,27-,28+,29+,32+,33+,34-/m1/s1. The van der Waals surface area contributed by atoms with Crippen molar-refractivity contribution in [1.29, 1.82) is 0 Å². The minimum atomic E-state index is -0.772. The summed E-state index contributed by atoms with van der Waals surface area (Å²) in [5.74, 6) is 2.31. The third kappa shape index (κ3) is 3.74. The molecule has 5 aliphatic rings. The van der Waals surface area contributed by atoms with Crippen LogP contribution in [0.25, 0.3) is 0 Å². The van der Waals surface area contributed by atoms with Crippen LogP contribution in [0.15, 0.2) is 47.3 Å². The van der Waals surface area contributed by atoms with E-state index in [2.05, 4.69) is 13.8 Å². The van der Waals surface area contributed by atoms with E-state index in [0.29, 0.717) is 53.9 Å². The fourth-order valence-corrected chi connectivity index (χ4v) is 10.3. The van der Waals surface area contributed by atoms with Crippen LogP contribution >= 0.6 is 0 Å². The van der Waals surface area contributed by atoms with Crippen molar-refractivity contribution in [3.8, 4) is 0 Å². The van der Waals surface area contributed by atoms with Crippen molar-refractivity contribution in [2.75, 3.05) is 13.2 Å². The highest BCUT2D eigenvalue weighted by molar-refractivity contribution is 6.21. The molecule has 2 amide bonds. The molecular weight excluding hydrogens is 502 g/mol. The smallest absolute Gasteiger partial charge is 0.261 e. The molecule has 0 spiro atoms. The monoisotopic (exact) mass is 545 g/mol. The number of aliphatic hydroxyl groups is 1. The number of nitrogens with zero attached hydrogens (tertiary/aromatic N) is 1. The highest BCUT2D eigenvalue weighted by Gasteiger charge is 2.65. The van der Waals surface area contributed by atoms with Crippen molar-refractivity contribution in [2.24, 2.45) is 34.5 Å². The Morgan fingerprint density at radius 3 is 2.42 bits per heavy atom. The number of ether oxygens (including phenoxy) is 1. The molecule has 8 atom stereocenters. The maximum Gasteiger partial charge on any atom is 0.261 e. The molecule has 6 heteroatoms. The van der Waals surface area contributed by atoms with Crippen LogP contribution in [0.4, 0.5) is 0 Å². The largest absolute Gasteiger partial charge is 0.472 e. The SMILES string of the molecule is C[C@]12CC[C@H](OCCCN3C(=O)c4ccccc4C3=O)C[C@H]1CC[C@@H]1[C@@H]2CC[C@@]2(C)[C@H]1CC[C@@]2(O)c1ccoc1. The lowest BCUT2D eigenvalue weighted by atomic mass is 9.44. The molecule has 0 unspecified atom stereocenters. The van der Waals surface area contributed by atoms with E-state index in [9.17, 15) is 14.7 Å². The van der Waals surface area contributed by atoms with Crippen LogP contribution in [0.5, 0.6) is 0 Å². The molecule has 0 saturated heterocycles. The second-order valence-electron chi connectivity index (χ2n) is 14.0. The molecule has 214 valence electrons. The van der Waals surface area contributed by atoms with Crippen LogP contribution in [0.2, 0.25) is 0 Å². The van der Waals surface area contributed by atoms with Gasteiger partial charge in [0.2, 0.25) is 0 Å². The molecule has 0 radical (unpaired) electrons. The van der Waals surface area contributed by atoms with Crippen molar-refractivity contribution in [3.63, 3.8) is 0 Å². The molecule has 1 aromatic heterocycles. The molecule has 7 rings (SSSR count). The summed E-state index contributed by atoms with van der Waals surface area (Å²) >= 11 is 0. The summed E-state index contributed by atoms with van der Waals surface area (Å²) in [4.78, 5) is 26.7. The van der Waals surface area contributed by atoms with E-state index in [1.165, 1.54) is 30.6 Å². The number of rotatable bonds is 6. The number of hydrogen-bond acceptors (Lipinski definition) is 5. The fourth-order valence-electron chi connectivity index (χ4n) is 10.3. The van der Waals surface area contributed by atoms with E-state index in [0.717, 1.165) is 43.6 Å². The summed E-state index contributed by atoms with van der Waals surface area (Å²) in [6, 6.07) is 9.06. The predicted octanol–water partition coefficient (Wildman–Crippen LogP) is 6.58. The van der Waals surface area contributed by atoms with Crippen molar-refractivity contribution < 1.29 is 23.8 Å². The van der Waals surface area contributed by atoms with E-state index in [1.807, 2.05) is 18.2 Å². The van der Waals surface area contributed by atoms with Gasteiger partial charge < -0.3 is 14.3 Å². The summed E-state index contributed by atoms with van der Waals surface area (Å²) in [7, 11) is 0. The Balaban J connectivity index is 0.952. The Bertz CT molecular complexity index is 1250. The zero-order valence-corrected chi connectivity index (χ0v) is 23.9. The average molecular weight is 546 g/mol. The lowest BCUT2D eigenvalue weighted by molar-refractivity contribution is -0.164. The number of fused-ring (bicyclic) bond motifs is 6. The topological polar surface area (TPSA) is 80.0 Å². The van der Waals surface area contributed by atoms with Gasteiger partial charge in [0.15, 0.2) is 0 Å². The summed E-state index contributed by atoms with van der Waals surface area (Å²) < 4.78 is 11.8. The van der Waals surface area contributed by atoms with Crippen LogP contribution in [-0.4, -0.2) is 41.1 Å². The molecule has 6 nitrogen and oxygen atoms in total. The molecule has 1 aromatic carbocycles. The van der Waals surface area contributed by atoms with Gasteiger partial charge in [0.25, 0.3) is 11.8 Å². The van der Waals surface area contributed by atoms with E-state index >= 15 is 0 Å². The number of imide groups is 1. The number of benzene rings is 1. The molecular formula is C34H43NO5. The molecule has 1 N–H and O–H groups in total. The zero-order chi connectivity index (χ0) is 27.7. The molecule has 40 heavy (non-hydrogen) atoms. The van der Waals surface area contributed by atoms with Gasteiger partial charge in [-0.05, 0) is 111 Å². The van der Waals surface area contributed by atoms with Gasteiger partial charge in [-0.2, -0.15) is 0 Å². The maximum absolute atomic E-state index is 12.6. The van der Waals surface area contributed by atoms with Gasteiger partial charge >= 0.3 is 0 Å². The van der Waals surface area contributed by atoms with E-state index in [4.69, 9.17) is 9.15 Å². The number of amides is 2. The fraction of sp³-hybridized carbons (Fsp3) is 0.647. The number of carbonyl (C=O) groups excluding carboxylic acids is 2. The molecule has 4 saturated carbocycles. The highest BCUT2D eigenvalue weighted by atomic mass is 16.5. The third-order valence-electron chi connectivity index (χ3n) is 12.5. The molecule has 4 fully saturated rings. The number of carbonyl (C=O) groups is 2. The van der Waals surface area contributed by atoms with Crippen molar-refractivity contribution >= 4 is 11.8 Å². The van der Waals surface area contributed by atoms with Gasteiger partial charge in [-0.3, -0.25) is 14.5 Å². The van der Waals surface area contributed by atoms with E-state index in [1.54, 1.807) is 24.7 Å². The lowest BCUT2D eigenvalue weighted by Gasteiger charge is -2.61. The lowest BCUT2D eigenvalue weighted by Crippen LogP contribution is -2.56. The molecule has 2 aromatic rings. The minimum absolute atomic E-state index is 0.0823. The highest BCUT2D eigenvalue weighted by Crippen LogP contribution is 2.70. The Kier molecular flexibility index (Phi) is 6.32. The Morgan fingerprint density at radius 1 is 0.950 bits per heavy atom. The van der Waals surface area contributed by atoms with Gasteiger partial charge in [-0.1, -0.05) is 26.0 Å². The minimum Gasteiger partial charge on any atom is -0.472 e. The number of hydrogen-bond donors (Lipinski definition) is 1. The molecule has 0 bridgehead atoms. The second-order valence-corrected chi connectivity index (χ2v) is 14.0. The van der Waals surface area contributed by atoms with Crippen LogP contribution in [-0.2, 0) is 10.3 Å². The van der Waals surface area contributed by atoms with Gasteiger partial charge in [-0.25, -0.2) is 0 Å². The quantitative estimate of drug-likeness (QED) is 0.328. The average Bonchev–Trinajstić information content (AvgIpc) is 3.65. The first-order chi connectivity index (χ1) is 19.3. The van der Waals surface area contributed by atoms with Gasteiger partial charge in [0, 0.05) is 24.1 Å². The van der Waals surface area contributed by atoms with E-state index in [-0.39, 0.29) is 23.3 Å². The van der Waals surface area contributed by atoms with Crippen LogP contribution in [0.1, 0.15) is 104 Å². The normalized spacial score (nSPS) is 40.5. The first-order valence-corrected chi connectivity index (χ1v) is 15.6. The second kappa shape index (κ2) is 9.55. The van der Waals surface area contributed by atoms with E-state index < -0.39 is 5.60 Å². The third-order valence-corrected chi connectivity index (χ3v) is 12.5. The Hall–Kier alpha value is -2.44. The molecule has 1 aliphatic heterocycles. The van der Waals surface area contributed by atoms with Crippen molar-refractivity contribution in [2.45, 2.75) is 89.8 Å². The first-order valence-electron chi connectivity index (χ1n) is 15.6. The molecule has 2 heterocycles. The zero-order valence-electron chi connectivity index (χ0n) is 23.9. The first kappa shape index (κ1) is 26.5. The van der Waals surface area contributed by atoms with Gasteiger partial charge in [0.1, 0.15) is 0 Å². The van der Waals surface area contributed by atoms with Crippen LogP contribution in [0, 0.1) is 34.5 Å². The number of furan rings is 1. The molecule has 4 aliphatic carbocycles. The predicted molar refractivity (Wildman–Crippen MR) is 150 cm³/mol. The van der Waals surface area contributed by atoms with Crippen LogP contribution < -0.4 is 0 Å². The summed E-state index contributed by atoms with van der Waals surface area (Å²) in [6.07, 6.45) is 14.6. The van der Waals surface area contributed by atoms with Crippen molar-refractivity contribution in [3.05, 3.63) is 59.5 Å². The van der Waals surface area contributed by atoms with Crippen LogP contribution in [0.3, 0.4) is 0 Å². The maximum atomic E-state index is 12.6.